The van der Waals surface area contributed by atoms with Crippen molar-refractivity contribution < 1.29 is 57.3 Å². The standard InChI is InChI=1S/C25H35N5O3.C24H33N5O3.2C21H30N4O3/c1-15(2)20(28-24(32)33-6)22(31)30-12-7-11-25(30,4)23-26-14-19(27-23)18-9-8-16(3)17-10-13-29(5)21(17)18;1-14(2)19(28-23(31)32-5)21(30)29-12-6-10-24(29,4)22-26-13-18(27-22)17-8-7-15(3)16-9-11-25-20(16)17;2*1-13(2)18(24-21(27)28-4)20(26)25-11-5-6-17(25)19-22-12-16(23-19)15-9-7-14(3)8-10-15/h8-10,13-15,20,23,26-27H,7,11-12H2,1-6H3,(H,28,32);7-9,11,13-14,19,22,25-27H,6,10,12H2,1-5H3,(H,28,31);2*7-10,12-13,17-19,22-23H,5-6,11H2,1-4H3,(H,24,27)/t20-,23?,25-;19-,22?,24-;2*17-,18-,19?/m0000/s1. The highest BCUT2D eigenvalue weighted by molar-refractivity contribution is 5.96. The molecule has 0 saturated carbocycles. The first-order valence-electron chi connectivity index (χ1n) is 42.5. The van der Waals surface area contributed by atoms with Gasteiger partial charge in [0.25, 0.3) is 0 Å². The van der Waals surface area contributed by atoms with E-state index >= 15 is 0 Å². The molecule has 654 valence electrons. The summed E-state index contributed by atoms with van der Waals surface area (Å²) in [6.45, 7) is 30.7. The number of likely N-dealkylation sites (tertiary alicyclic amines) is 4. The van der Waals surface area contributed by atoms with E-state index < -0.39 is 59.6 Å². The zero-order valence-corrected chi connectivity index (χ0v) is 73.8. The van der Waals surface area contributed by atoms with Gasteiger partial charge in [0, 0.05) is 92.3 Å². The second-order valence-corrected chi connectivity index (χ2v) is 34.7. The lowest BCUT2D eigenvalue weighted by Gasteiger charge is -2.42. The predicted molar refractivity (Wildman–Crippen MR) is 470 cm³/mol. The average Bonchev–Trinajstić information content (AvgIpc) is 1.61. The number of rotatable bonds is 20. The van der Waals surface area contributed by atoms with Crippen LogP contribution in [0, 0.1) is 51.4 Å². The van der Waals surface area contributed by atoms with Gasteiger partial charge in [-0.15, -0.1) is 0 Å². The molecular weight excluding hydrogens is 1540 g/mol. The molecule has 0 radical (unpaired) electrons. The van der Waals surface area contributed by atoms with Crippen molar-refractivity contribution in [2.45, 2.75) is 220 Å². The van der Waals surface area contributed by atoms with Crippen LogP contribution < -0.4 is 63.8 Å². The topological polar surface area (TPSA) is 352 Å². The summed E-state index contributed by atoms with van der Waals surface area (Å²) in [6, 6.07) is 27.0. The molecule has 30 nitrogen and oxygen atoms in total. The maximum absolute atomic E-state index is 13.6. The van der Waals surface area contributed by atoms with Crippen LogP contribution >= 0.6 is 0 Å². The molecule has 30 heteroatoms. The summed E-state index contributed by atoms with van der Waals surface area (Å²) in [5.41, 5.74) is 14.8. The monoisotopic (exact) mass is 1660 g/mol. The number of aromatic amines is 1. The van der Waals surface area contributed by atoms with Crippen molar-refractivity contribution in [3.8, 4) is 0 Å². The Balaban J connectivity index is 0.000000158. The number of aromatic nitrogens is 2. The largest absolute Gasteiger partial charge is 0.453 e. The number of carbonyl (C=O) groups excluding carboxylic acids is 8. The van der Waals surface area contributed by atoms with Crippen molar-refractivity contribution in [3.63, 3.8) is 0 Å². The van der Waals surface area contributed by atoms with Crippen LogP contribution in [0.1, 0.15) is 165 Å². The number of methoxy groups -OCH3 is 4. The normalized spacial score (nSPS) is 22.9. The van der Waals surface area contributed by atoms with Crippen LogP contribution in [0.4, 0.5) is 19.2 Å². The van der Waals surface area contributed by atoms with Crippen LogP contribution in [0.5, 0.6) is 0 Å². The average molecular weight is 1670 g/mol. The molecule has 13 N–H and O–H groups in total. The molecule has 8 aliphatic heterocycles. The van der Waals surface area contributed by atoms with Crippen molar-refractivity contribution in [2.24, 2.45) is 30.7 Å². The summed E-state index contributed by atoms with van der Waals surface area (Å²) in [7, 11) is 7.29. The first-order valence-corrected chi connectivity index (χ1v) is 42.5. The second kappa shape index (κ2) is 39.2. The van der Waals surface area contributed by atoms with Gasteiger partial charge < -0.3 is 112 Å². The van der Waals surface area contributed by atoms with Gasteiger partial charge >= 0.3 is 24.4 Å². The Labute approximate surface area is 711 Å². The number of fused-ring (bicyclic) bond motifs is 2. The maximum Gasteiger partial charge on any atom is 0.407 e. The molecule has 0 aliphatic carbocycles. The molecule has 121 heavy (non-hydrogen) atoms. The number of carbonyl (C=O) groups is 8. The van der Waals surface area contributed by atoms with Crippen molar-refractivity contribution in [1.82, 2.24) is 93.0 Å². The third-order valence-electron chi connectivity index (χ3n) is 25.0. The second-order valence-electron chi connectivity index (χ2n) is 34.7. The van der Waals surface area contributed by atoms with Crippen molar-refractivity contribution in [3.05, 3.63) is 167 Å². The molecule has 4 saturated heterocycles. The lowest BCUT2D eigenvalue weighted by atomic mass is 9.92. The minimum Gasteiger partial charge on any atom is -0.453 e. The van der Waals surface area contributed by atoms with Crippen LogP contribution in [0.2, 0.25) is 0 Å². The first-order chi connectivity index (χ1) is 57.7. The van der Waals surface area contributed by atoms with Gasteiger partial charge in [-0.3, -0.25) is 19.2 Å². The third-order valence-corrected chi connectivity index (χ3v) is 25.0. The van der Waals surface area contributed by atoms with Crippen LogP contribution in [-0.4, -0.2) is 204 Å². The molecule has 4 aromatic carbocycles. The SMILES string of the molecule is COC(=O)N[C@H](C(=O)N1CCC[C@@]1(C)C1NC=C(c2ccc(C)c3cc[nH]c23)N1)C(C)C.COC(=O)N[C@H](C(=O)N1CCC[C@@]1(C)C1NC=C(c2ccc(C)c3ccn(C)c23)N1)C(C)C.COC(=O)N[C@H](C(=O)N1CCC[C@H]1C1NC=C(c2ccc(C)cc2)N1)C(C)C.COC(=O)N[C@H](C(=O)N1CCC[C@H]1C1NC=C(c2ccc(C)cc2)N1)C(C)C. The Bertz CT molecular complexity index is 4710. The summed E-state index contributed by atoms with van der Waals surface area (Å²) in [6.07, 6.45) is 16.5. The lowest BCUT2D eigenvalue weighted by Crippen LogP contribution is -2.64. The Hall–Kier alpha value is -11.7. The first kappa shape index (κ1) is 90.1. The number of benzene rings is 4. The molecule has 2 aromatic heterocycles. The fourth-order valence-corrected chi connectivity index (χ4v) is 17.8. The predicted octanol–water partition coefficient (Wildman–Crippen LogP) is 10.5. The quantitative estimate of drug-likeness (QED) is 0.0316. The minimum atomic E-state index is -0.635. The van der Waals surface area contributed by atoms with Crippen LogP contribution in [0.25, 0.3) is 44.6 Å². The van der Waals surface area contributed by atoms with Gasteiger partial charge in [-0.25, -0.2) is 19.2 Å². The van der Waals surface area contributed by atoms with Gasteiger partial charge in [0.15, 0.2) is 0 Å². The van der Waals surface area contributed by atoms with E-state index in [0.29, 0.717) is 26.2 Å². The Morgan fingerprint density at radius 1 is 0.421 bits per heavy atom. The van der Waals surface area contributed by atoms with E-state index in [1.165, 1.54) is 67.0 Å². The molecule has 0 bridgehead atoms. The van der Waals surface area contributed by atoms with E-state index in [1.54, 1.807) is 0 Å². The highest BCUT2D eigenvalue weighted by Crippen LogP contribution is 2.40. The van der Waals surface area contributed by atoms with E-state index in [4.69, 9.17) is 9.47 Å². The van der Waals surface area contributed by atoms with Crippen molar-refractivity contribution >= 4 is 92.6 Å². The molecule has 4 unspecified atom stereocenters. The highest BCUT2D eigenvalue weighted by atomic mass is 16.5. The number of ether oxygens (including phenoxy) is 4. The van der Waals surface area contributed by atoms with Gasteiger partial charge in [-0.2, -0.15) is 0 Å². The van der Waals surface area contributed by atoms with Gasteiger partial charge in [0.2, 0.25) is 23.6 Å². The van der Waals surface area contributed by atoms with E-state index in [-0.39, 0.29) is 84.0 Å². The van der Waals surface area contributed by atoms with Gasteiger partial charge in [0.1, 0.15) is 48.8 Å². The van der Waals surface area contributed by atoms with Crippen LogP contribution in [0.3, 0.4) is 0 Å². The number of nitrogens with one attached hydrogen (secondary N) is 13. The highest BCUT2D eigenvalue weighted by Gasteiger charge is 2.52. The van der Waals surface area contributed by atoms with E-state index in [0.717, 1.165) is 102 Å². The minimum absolute atomic E-state index is 0.0207. The lowest BCUT2D eigenvalue weighted by molar-refractivity contribution is -0.140. The molecule has 0 spiro atoms. The van der Waals surface area contributed by atoms with E-state index in [2.05, 4.69) is 223 Å². The van der Waals surface area contributed by atoms with Gasteiger partial charge in [0.05, 0.1) is 85.4 Å². The fraction of sp³-hybridized carbons (Fsp3) is 0.516. The van der Waals surface area contributed by atoms with E-state index in [9.17, 15) is 38.4 Å². The zero-order chi connectivity index (χ0) is 87.5. The third kappa shape index (κ3) is 20.0. The summed E-state index contributed by atoms with van der Waals surface area (Å²) in [5, 5.41) is 41.3. The Morgan fingerprint density at radius 3 is 1.19 bits per heavy atom. The van der Waals surface area contributed by atoms with Crippen molar-refractivity contribution in [2.75, 3.05) is 54.6 Å². The number of H-pyrrole nitrogens is 1. The number of alkyl carbamates (subject to hydrolysis) is 4. The van der Waals surface area contributed by atoms with Gasteiger partial charge in [-0.1, -0.05) is 139 Å². The van der Waals surface area contributed by atoms with Crippen LogP contribution in [0.15, 0.2) is 122 Å². The van der Waals surface area contributed by atoms with Crippen molar-refractivity contribution in [1.29, 1.82) is 0 Å². The summed E-state index contributed by atoms with van der Waals surface area (Å²) < 4.78 is 21.0. The van der Waals surface area contributed by atoms with Crippen LogP contribution in [-0.2, 0) is 45.2 Å². The number of hydrogen-bond acceptors (Lipinski definition) is 20. The summed E-state index contributed by atoms with van der Waals surface area (Å²) >= 11 is 0. The fourth-order valence-electron chi connectivity index (χ4n) is 17.8. The Kier molecular flexibility index (Phi) is 29.2. The molecule has 4 fully saturated rings. The van der Waals surface area contributed by atoms with E-state index in [1.807, 2.05) is 106 Å². The molecule has 12 atom stereocenters. The molecule has 10 heterocycles. The maximum atomic E-state index is 13.6. The molecule has 6 aromatic rings. The summed E-state index contributed by atoms with van der Waals surface area (Å²) in [4.78, 5) is 111. The number of aryl methyl sites for hydroxylation is 5. The molecule has 14 rings (SSSR count). The molecular formula is C91H128N18O12. The van der Waals surface area contributed by atoms with Gasteiger partial charge in [-0.05, 0) is 151 Å². The number of nitrogens with zero attached hydrogens (tertiary/aromatic N) is 5. The molecule has 8 amide bonds. The molecule has 8 aliphatic rings. The number of hydrogen-bond donors (Lipinski definition) is 13. The summed E-state index contributed by atoms with van der Waals surface area (Å²) in [5.74, 6) is -0.448. The number of amides is 8. The zero-order valence-electron chi connectivity index (χ0n) is 73.8. The Morgan fingerprint density at radius 2 is 0.793 bits per heavy atom. The smallest absolute Gasteiger partial charge is 0.407 e.